The first-order chi connectivity index (χ1) is 13.2. The third-order valence-electron chi connectivity index (χ3n) is 3.94. The van der Waals surface area contributed by atoms with E-state index in [0.717, 1.165) is 17.9 Å². The van der Waals surface area contributed by atoms with E-state index in [1.165, 1.54) is 5.56 Å². The van der Waals surface area contributed by atoms with Crippen LogP contribution in [-0.2, 0) is 17.9 Å². The maximum atomic E-state index is 12.0. The van der Waals surface area contributed by atoms with Gasteiger partial charge in [-0.05, 0) is 42.3 Å². The average molecular weight is 365 g/mol. The van der Waals surface area contributed by atoms with Gasteiger partial charge in [-0.25, -0.2) is 4.98 Å². The fourth-order valence-corrected chi connectivity index (χ4v) is 2.55. The van der Waals surface area contributed by atoms with E-state index in [2.05, 4.69) is 22.4 Å². The Bertz CT molecular complexity index is 828. The number of nitrogens with one attached hydrogen (secondary N) is 1. The minimum absolute atomic E-state index is 0.0211. The predicted molar refractivity (Wildman–Crippen MR) is 103 cm³/mol. The van der Waals surface area contributed by atoms with Gasteiger partial charge in [-0.2, -0.15) is 0 Å². The van der Waals surface area contributed by atoms with Crippen LogP contribution in [0.4, 0.5) is 0 Å². The Balaban J connectivity index is 1.40. The van der Waals surface area contributed by atoms with E-state index >= 15 is 0 Å². The van der Waals surface area contributed by atoms with Crippen molar-refractivity contribution in [2.24, 2.45) is 0 Å². The Morgan fingerprint density at radius 2 is 1.67 bits per heavy atom. The van der Waals surface area contributed by atoms with E-state index in [1.54, 1.807) is 24.7 Å². The van der Waals surface area contributed by atoms with Crippen LogP contribution < -0.4 is 14.8 Å². The summed E-state index contributed by atoms with van der Waals surface area (Å²) in [5, 5.41) is 2.86. The van der Waals surface area contributed by atoms with Crippen molar-refractivity contribution in [3.05, 3.63) is 78.4 Å². The molecule has 27 heavy (non-hydrogen) atoms. The summed E-state index contributed by atoms with van der Waals surface area (Å²) in [5.74, 6) is 1.26. The van der Waals surface area contributed by atoms with Crippen LogP contribution in [0.1, 0.15) is 18.1 Å². The van der Waals surface area contributed by atoms with Gasteiger partial charge >= 0.3 is 0 Å². The molecule has 140 valence electrons. The standard InChI is InChI=1S/C21H23N3O3/c1-2-26-19-7-9-20(10-8-19)27-15-21(25)23-13-17-3-5-18(6-4-17)14-24-12-11-22-16-24/h3-12,16H,2,13-15H2,1H3,(H,23,25). The zero-order valence-corrected chi connectivity index (χ0v) is 15.3. The number of carbonyl (C=O) groups is 1. The van der Waals surface area contributed by atoms with Crippen LogP contribution in [-0.4, -0.2) is 28.7 Å². The summed E-state index contributed by atoms with van der Waals surface area (Å²) in [5.41, 5.74) is 2.22. The Morgan fingerprint density at radius 3 is 2.30 bits per heavy atom. The molecule has 1 N–H and O–H groups in total. The van der Waals surface area contributed by atoms with E-state index in [4.69, 9.17) is 9.47 Å². The highest BCUT2D eigenvalue weighted by Gasteiger charge is 2.04. The van der Waals surface area contributed by atoms with Crippen molar-refractivity contribution in [2.45, 2.75) is 20.0 Å². The Morgan fingerprint density at radius 1 is 1.00 bits per heavy atom. The van der Waals surface area contributed by atoms with Gasteiger partial charge in [-0.3, -0.25) is 4.79 Å². The third-order valence-corrected chi connectivity index (χ3v) is 3.94. The maximum absolute atomic E-state index is 12.0. The van der Waals surface area contributed by atoms with Gasteiger partial charge < -0.3 is 19.4 Å². The fraction of sp³-hybridized carbons (Fsp3) is 0.238. The lowest BCUT2D eigenvalue weighted by atomic mass is 10.1. The first-order valence-electron chi connectivity index (χ1n) is 8.89. The molecule has 0 atom stereocenters. The summed E-state index contributed by atoms with van der Waals surface area (Å²) in [6.07, 6.45) is 5.48. The molecule has 3 aromatic rings. The van der Waals surface area contributed by atoms with Gasteiger partial charge in [0, 0.05) is 25.5 Å². The molecule has 1 aromatic heterocycles. The normalized spacial score (nSPS) is 10.4. The van der Waals surface area contributed by atoms with Gasteiger partial charge in [0.15, 0.2) is 6.61 Å². The largest absolute Gasteiger partial charge is 0.494 e. The van der Waals surface area contributed by atoms with Crippen molar-refractivity contribution < 1.29 is 14.3 Å². The summed E-state index contributed by atoms with van der Waals surface area (Å²) < 4.78 is 12.9. The van der Waals surface area contributed by atoms with Gasteiger partial charge in [0.2, 0.25) is 0 Å². The number of hydrogen-bond donors (Lipinski definition) is 1. The van der Waals surface area contributed by atoms with Crippen LogP contribution in [0.25, 0.3) is 0 Å². The number of rotatable bonds is 9. The minimum Gasteiger partial charge on any atom is -0.494 e. The summed E-state index contributed by atoms with van der Waals surface area (Å²) >= 11 is 0. The van der Waals surface area contributed by atoms with Gasteiger partial charge in [0.25, 0.3) is 5.91 Å². The number of benzene rings is 2. The second kappa shape index (κ2) is 9.43. The molecule has 1 heterocycles. The molecular formula is C21H23N3O3. The van der Waals surface area contributed by atoms with Gasteiger partial charge in [0.1, 0.15) is 11.5 Å². The maximum Gasteiger partial charge on any atom is 0.258 e. The first-order valence-corrected chi connectivity index (χ1v) is 8.89. The predicted octanol–water partition coefficient (Wildman–Crippen LogP) is 3.03. The van der Waals surface area contributed by atoms with Crippen LogP contribution >= 0.6 is 0 Å². The summed E-state index contributed by atoms with van der Waals surface area (Å²) in [4.78, 5) is 16.0. The molecule has 0 unspecified atom stereocenters. The molecule has 2 aromatic carbocycles. The second-order valence-corrected chi connectivity index (χ2v) is 6.02. The van der Waals surface area contributed by atoms with Crippen molar-refractivity contribution in [3.8, 4) is 11.5 Å². The number of amides is 1. The number of carbonyl (C=O) groups excluding carboxylic acids is 1. The van der Waals surface area contributed by atoms with Crippen LogP contribution in [0.5, 0.6) is 11.5 Å². The van der Waals surface area contributed by atoms with Gasteiger partial charge in [-0.1, -0.05) is 24.3 Å². The van der Waals surface area contributed by atoms with Gasteiger partial charge in [0.05, 0.1) is 12.9 Å². The summed E-state index contributed by atoms with van der Waals surface area (Å²) in [6, 6.07) is 15.4. The number of aromatic nitrogens is 2. The molecule has 6 heteroatoms. The summed E-state index contributed by atoms with van der Waals surface area (Å²) in [6.45, 7) is 3.78. The molecule has 0 saturated carbocycles. The lowest BCUT2D eigenvalue weighted by molar-refractivity contribution is -0.123. The van der Waals surface area contributed by atoms with Crippen LogP contribution in [0.3, 0.4) is 0 Å². The highest BCUT2D eigenvalue weighted by molar-refractivity contribution is 5.77. The van der Waals surface area contributed by atoms with Crippen molar-refractivity contribution in [1.82, 2.24) is 14.9 Å². The van der Waals surface area contributed by atoms with E-state index in [0.29, 0.717) is 18.9 Å². The van der Waals surface area contributed by atoms with Crippen molar-refractivity contribution >= 4 is 5.91 Å². The molecule has 0 spiro atoms. The minimum atomic E-state index is -0.161. The summed E-state index contributed by atoms with van der Waals surface area (Å²) in [7, 11) is 0. The fourth-order valence-electron chi connectivity index (χ4n) is 2.55. The van der Waals surface area contributed by atoms with Gasteiger partial charge in [-0.15, -0.1) is 0 Å². The quantitative estimate of drug-likeness (QED) is 0.633. The molecule has 6 nitrogen and oxygen atoms in total. The Hall–Kier alpha value is -3.28. The van der Waals surface area contributed by atoms with E-state index in [1.807, 2.05) is 42.0 Å². The monoisotopic (exact) mass is 365 g/mol. The smallest absolute Gasteiger partial charge is 0.258 e. The highest BCUT2D eigenvalue weighted by atomic mass is 16.5. The second-order valence-electron chi connectivity index (χ2n) is 6.02. The van der Waals surface area contributed by atoms with Crippen molar-refractivity contribution in [2.75, 3.05) is 13.2 Å². The van der Waals surface area contributed by atoms with Crippen molar-refractivity contribution in [3.63, 3.8) is 0 Å². The highest BCUT2D eigenvalue weighted by Crippen LogP contribution is 2.17. The molecule has 0 bridgehead atoms. The molecular weight excluding hydrogens is 342 g/mol. The molecule has 0 aliphatic carbocycles. The lowest BCUT2D eigenvalue weighted by Crippen LogP contribution is -2.28. The average Bonchev–Trinajstić information content (AvgIpc) is 3.20. The lowest BCUT2D eigenvalue weighted by Gasteiger charge is -2.09. The molecule has 0 fully saturated rings. The van der Waals surface area contributed by atoms with Crippen molar-refractivity contribution in [1.29, 1.82) is 0 Å². The van der Waals surface area contributed by atoms with Crippen LogP contribution in [0.2, 0.25) is 0 Å². The third kappa shape index (κ3) is 5.88. The van der Waals surface area contributed by atoms with E-state index in [-0.39, 0.29) is 12.5 Å². The number of hydrogen-bond acceptors (Lipinski definition) is 4. The number of nitrogens with zero attached hydrogens (tertiary/aromatic N) is 2. The number of imidazole rings is 1. The van der Waals surface area contributed by atoms with Crippen LogP contribution in [0, 0.1) is 0 Å². The first kappa shape index (κ1) is 18.5. The topological polar surface area (TPSA) is 65.4 Å². The molecule has 0 saturated heterocycles. The zero-order valence-electron chi connectivity index (χ0n) is 15.3. The molecule has 0 aliphatic rings. The SMILES string of the molecule is CCOc1ccc(OCC(=O)NCc2ccc(Cn3ccnc3)cc2)cc1. The molecule has 0 aliphatic heterocycles. The van der Waals surface area contributed by atoms with Crippen LogP contribution in [0.15, 0.2) is 67.3 Å². The Labute approximate surface area is 158 Å². The molecule has 1 amide bonds. The molecule has 0 radical (unpaired) electrons. The molecule has 3 rings (SSSR count). The zero-order chi connectivity index (χ0) is 18.9. The van der Waals surface area contributed by atoms with E-state index < -0.39 is 0 Å². The Kier molecular flexibility index (Phi) is 6.46. The number of ether oxygens (including phenoxy) is 2. The van der Waals surface area contributed by atoms with E-state index in [9.17, 15) is 4.79 Å².